The van der Waals surface area contributed by atoms with E-state index in [0.717, 1.165) is 46.2 Å². The average molecular weight is 861 g/mol. The number of hydrogen-bond donors (Lipinski definition) is 3. The summed E-state index contributed by atoms with van der Waals surface area (Å²) >= 11 is 0. The van der Waals surface area contributed by atoms with Gasteiger partial charge in [-0.05, 0) is 84.7 Å². The van der Waals surface area contributed by atoms with Crippen LogP contribution in [0.5, 0.6) is 11.5 Å². The Morgan fingerprint density at radius 2 is 1.49 bits per heavy atom. The first-order valence-corrected chi connectivity index (χ1v) is 21.1. The Morgan fingerprint density at radius 1 is 0.857 bits per heavy atom. The molecule has 0 saturated heterocycles. The molecule has 0 fully saturated rings. The van der Waals surface area contributed by atoms with Crippen molar-refractivity contribution in [3.05, 3.63) is 143 Å². The molecular formula is C49H56N4O10. The molecule has 3 heterocycles. The van der Waals surface area contributed by atoms with E-state index >= 15 is 0 Å². The summed E-state index contributed by atoms with van der Waals surface area (Å²) in [5, 5.41) is 23.9. The van der Waals surface area contributed by atoms with Crippen molar-refractivity contribution < 1.29 is 48.3 Å². The van der Waals surface area contributed by atoms with E-state index in [2.05, 4.69) is 25.4 Å². The fraction of sp³-hybridized carbons (Fsp3) is 0.347. The van der Waals surface area contributed by atoms with Crippen molar-refractivity contribution in [2.24, 2.45) is 0 Å². The van der Waals surface area contributed by atoms with Gasteiger partial charge >= 0.3 is 12.2 Å². The third kappa shape index (κ3) is 10.2. The summed E-state index contributed by atoms with van der Waals surface area (Å²) < 4.78 is 21.6. The monoisotopic (exact) mass is 860 g/mol. The van der Waals surface area contributed by atoms with Gasteiger partial charge in [-0.15, -0.1) is 0 Å². The lowest BCUT2D eigenvalue weighted by Crippen LogP contribution is -2.55. The molecule has 0 bridgehead atoms. The standard InChI is InChI=1S/C26H32N2O6.C23H24N2O4/c1-4-6-12-33-24-15-22(27-26(31)34-11-5-2)21(14-23(24)32-3)25(30)28-16-19-10-8-7-9-18(19)13-20(28)17-29;1-4-9-29-23(28)25-19-11-15(3)14(2)10-18(19)21(26)24-13-17-8-6-5-7-16(17)12-20(24)22(25)27/h5,7-10,14-15,20,29H,2,4,6,11-13,16-17H2,1,3H3,(H,27,31);4-8,10-11,20,22,27H,1,9,12-13H2,2-3H3/t20-;20-,22?/m00/s1. The third-order valence-corrected chi connectivity index (χ3v) is 11.5. The topological polar surface area (TPSA) is 167 Å². The van der Waals surface area contributed by atoms with Crippen LogP contribution in [0.1, 0.15) is 73.9 Å². The van der Waals surface area contributed by atoms with Gasteiger partial charge in [0.2, 0.25) is 0 Å². The number of amides is 4. The predicted octanol–water partition coefficient (Wildman–Crippen LogP) is 7.50. The number of aliphatic hydroxyl groups is 2. The van der Waals surface area contributed by atoms with Crippen LogP contribution in [0.25, 0.3) is 0 Å². The molecule has 0 saturated carbocycles. The van der Waals surface area contributed by atoms with Gasteiger partial charge in [-0.25, -0.2) is 14.5 Å². The number of fused-ring (bicyclic) bond motifs is 4. The molecule has 332 valence electrons. The molecule has 14 heteroatoms. The molecule has 0 radical (unpaired) electrons. The number of nitrogens with one attached hydrogen (secondary N) is 1. The van der Waals surface area contributed by atoms with E-state index in [9.17, 15) is 29.4 Å². The Kier molecular flexibility index (Phi) is 15.3. The Morgan fingerprint density at radius 3 is 2.14 bits per heavy atom. The molecular weight excluding hydrogens is 805 g/mol. The molecule has 14 nitrogen and oxygen atoms in total. The van der Waals surface area contributed by atoms with Crippen LogP contribution in [0.3, 0.4) is 0 Å². The van der Waals surface area contributed by atoms with E-state index in [1.54, 1.807) is 34.1 Å². The lowest BCUT2D eigenvalue weighted by atomic mass is 9.92. The van der Waals surface area contributed by atoms with Crippen molar-refractivity contribution in [3.63, 3.8) is 0 Å². The molecule has 0 aromatic heterocycles. The van der Waals surface area contributed by atoms with Gasteiger partial charge in [-0.3, -0.25) is 14.9 Å². The normalized spacial score (nSPS) is 17.3. The van der Waals surface area contributed by atoms with Crippen molar-refractivity contribution >= 4 is 35.4 Å². The first-order valence-electron chi connectivity index (χ1n) is 21.1. The number of carbonyl (C=O) groups is 4. The highest BCUT2D eigenvalue weighted by Crippen LogP contribution is 2.38. The molecule has 0 spiro atoms. The number of aliphatic hydroxyl groups excluding tert-OH is 2. The number of carbonyl (C=O) groups excluding carboxylic acids is 4. The van der Waals surface area contributed by atoms with Gasteiger partial charge in [-0.2, -0.15) is 0 Å². The zero-order valence-corrected chi connectivity index (χ0v) is 36.3. The Hall–Kier alpha value is -6.64. The highest BCUT2D eigenvalue weighted by molar-refractivity contribution is 6.06. The molecule has 1 unspecified atom stereocenters. The molecule has 4 aromatic carbocycles. The zero-order chi connectivity index (χ0) is 45.2. The number of rotatable bonds is 12. The van der Waals surface area contributed by atoms with Crippen molar-refractivity contribution in [2.75, 3.05) is 43.8 Å². The number of unbranched alkanes of at least 4 members (excludes halogenated alkanes) is 1. The van der Waals surface area contributed by atoms with E-state index in [4.69, 9.17) is 18.9 Å². The van der Waals surface area contributed by atoms with Crippen molar-refractivity contribution in [1.29, 1.82) is 0 Å². The summed E-state index contributed by atoms with van der Waals surface area (Å²) in [6, 6.07) is 21.5. The minimum absolute atomic E-state index is 0.0212. The van der Waals surface area contributed by atoms with Gasteiger partial charge in [0.05, 0.1) is 54.9 Å². The average Bonchev–Trinajstić information content (AvgIpc) is 3.37. The number of nitrogens with zero attached hydrogens (tertiary/aromatic N) is 3. The molecule has 3 aliphatic heterocycles. The molecule has 4 aromatic rings. The maximum atomic E-state index is 13.7. The number of aryl methyl sites for hydroxylation is 2. The lowest BCUT2D eigenvalue weighted by Gasteiger charge is -2.39. The second-order valence-electron chi connectivity index (χ2n) is 15.6. The van der Waals surface area contributed by atoms with Crippen LogP contribution in [0.4, 0.5) is 21.0 Å². The molecule has 63 heavy (non-hydrogen) atoms. The van der Waals surface area contributed by atoms with Crippen molar-refractivity contribution in [2.45, 2.75) is 77.9 Å². The minimum Gasteiger partial charge on any atom is -0.493 e. The predicted molar refractivity (Wildman–Crippen MR) is 239 cm³/mol. The van der Waals surface area contributed by atoms with Gasteiger partial charge in [-0.1, -0.05) is 87.2 Å². The fourth-order valence-electron chi connectivity index (χ4n) is 7.95. The van der Waals surface area contributed by atoms with Crippen LogP contribution >= 0.6 is 0 Å². The number of ether oxygens (including phenoxy) is 4. The van der Waals surface area contributed by atoms with E-state index in [-0.39, 0.29) is 42.9 Å². The lowest BCUT2D eigenvalue weighted by molar-refractivity contribution is 0.0299. The van der Waals surface area contributed by atoms with Gasteiger partial charge in [0, 0.05) is 19.2 Å². The fourth-order valence-corrected chi connectivity index (χ4v) is 7.95. The summed E-state index contributed by atoms with van der Waals surface area (Å²) in [5.41, 5.74) is 7.34. The highest BCUT2D eigenvalue weighted by Gasteiger charge is 2.45. The highest BCUT2D eigenvalue weighted by atomic mass is 16.6. The van der Waals surface area contributed by atoms with Gasteiger partial charge in [0.1, 0.15) is 13.2 Å². The SMILES string of the molecule is C=CCOC(=O)N1c2cc(C)c(C)cc2C(=O)N2Cc3ccccc3C[C@H]2C1O.C=CCOC(=O)Nc1cc(OCCCC)c(OC)cc1C(=O)N1Cc2ccccc2C[C@H]1CO. The van der Waals surface area contributed by atoms with Crippen LogP contribution in [0.2, 0.25) is 0 Å². The largest absolute Gasteiger partial charge is 0.493 e. The summed E-state index contributed by atoms with van der Waals surface area (Å²) in [7, 11) is 1.50. The van der Waals surface area contributed by atoms with Crippen LogP contribution in [-0.2, 0) is 35.4 Å². The van der Waals surface area contributed by atoms with E-state index in [1.165, 1.54) is 24.2 Å². The Labute approximate surface area is 368 Å². The number of benzene rings is 4. The summed E-state index contributed by atoms with van der Waals surface area (Å²) in [5.74, 6) is 0.253. The molecule has 3 aliphatic rings. The van der Waals surface area contributed by atoms with Gasteiger partial charge in [0.15, 0.2) is 17.7 Å². The van der Waals surface area contributed by atoms with Crippen LogP contribution in [0, 0.1) is 13.8 Å². The summed E-state index contributed by atoms with van der Waals surface area (Å²) in [4.78, 5) is 56.9. The second kappa shape index (κ2) is 21.0. The number of methoxy groups -OCH3 is 1. The first kappa shape index (κ1) is 45.9. The Balaban J connectivity index is 0.000000212. The van der Waals surface area contributed by atoms with Crippen LogP contribution in [0.15, 0.2) is 98.1 Å². The third-order valence-electron chi connectivity index (χ3n) is 11.5. The molecule has 4 amide bonds. The molecule has 3 N–H and O–H groups in total. The minimum atomic E-state index is -1.23. The van der Waals surface area contributed by atoms with Gasteiger partial charge in [0.25, 0.3) is 11.8 Å². The van der Waals surface area contributed by atoms with E-state index in [1.807, 2.05) is 62.4 Å². The van der Waals surface area contributed by atoms with Gasteiger partial charge < -0.3 is 39.0 Å². The van der Waals surface area contributed by atoms with E-state index < -0.39 is 30.5 Å². The Bertz CT molecular complexity index is 2350. The molecule has 7 rings (SSSR count). The van der Waals surface area contributed by atoms with Crippen LogP contribution < -0.4 is 19.7 Å². The van der Waals surface area contributed by atoms with Crippen molar-refractivity contribution in [1.82, 2.24) is 9.80 Å². The smallest absolute Gasteiger partial charge is 0.416 e. The van der Waals surface area contributed by atoms with Crippen molar-refractivity contribution in [3.8, 4) is 11.5 Å². The number of hydrogen-bond acceptors (Lipinski definition) is 10. The van der Waals surface area contributed by atoms with E-state index in [0.29, 0.717) is 55.3 Å². The number of anilines is 2. The molecule has 3 atom stereocenters. The van der Waals surface area contributed by atoms with Crippen LogP contribution in [-0.4, -0.2) is 95.9 Å². The summed E-state index contributed by atoms with van der Waals surface area (Å²) in [6.07, 6.45) is 3.08. The maximum Gasteiger partial charge on any atom is 0.416 e. The quantitative estimate of drug-likeness (QED) is 0.0959. The zero-order valence-electron chi connectivity index (χ0n) is 36.3. The first-order chi connectivity index (χ1) is 30.4. The second-order valence-corrected chi connectivity index (χ2v) is 15.6. The summed E-state index contributed by atoms with van der Waals surface area (Å²) in [6.45, 7) is 14.1. The maximum absolute atomic E-state index is 13.7. The molecule has 0 aliphatic carbocycles.